The highest BCUT2D eigenvalue weighted by Crippen LogP contribution is 2.37. The lowest BCUT2D eigenvalue weighted by Crippen LogP contribution is -2.30. The minimum atomic E-state index is -1.12. The van der Waals surface area contributed by atoms with Crippen LogP contribution in [0.25, 0.3) is 0 Å². The van der Waals surface area contributed by atoms with E-state index in [1.165, 1.54) is 0 Å². The van der Waals surface area contributed by atoms with Crippen LogP contribution in [0, 0.1) is 21.7 Å². The van der Waals surface area contributed by atoms with Crippen molar-refractivity contribution in [1.29, 1.82) is 0 Å². The fourth-order valence-corrected chi connectivity index (χ4v) is 2.50. The summed E-state index contributed by atoms with van der Waals surface area (Å²) in [5.74, 6) is -2.16. The van der Waals surface area contributed by atoms with Crippen LogP contribution in [0.1, 0.15) is 26.2 Å². The fourth-order valence-electron chi connectivity index (χ4n) is 2.50. The molecule has 0 aromatic heterocycles. The predicted octanol–water partition coefficient (Wildman–Crippen LogP) is 3.25. The number of nitro benzene ring substituents is 1. The van der Waals surface area contributed by atoms with Crippen molar-refractivity contribution >= 4 is 11.4 Å². The van der Waals surface area contributed by atoms with Crippen LogP contribution in [0.2, 0.25) is 0 Å². The second-order valence-corrected chi connectivity index (χ2v) is 4.38. The van der Waals surface area contributed by atoms with E-state index in [1.54, 1.807) is 4.90 Å². The Bertz CT molecular complexity index is 479. The van der Waals surface area contributed by atoms with E-state index in [9.17, 15) is 18.9 Å². The first-order chi connectivity index (χ1) is 8.56. The van der Waals surface area contributed by atoms with Gasteiger partial charge in [0.15, 0.2) is 17.3 Å². The molecule has 0 aliphatic carbocycles. The summed E-state index contributed by atoms with van der Waals surface area (Å²) in [5, 5.41) is 10.9. The molecule has 1 heterocycles. The lowest BCUT2D eigenvalue weighted by Gasteiger charge is -2.25. The van der Waals surface area contributed by atoms with Crippen LogP contribution in [0.5, 0.6) is 0 Å². The molecular weight excluding hydrogens is 242 g/mol. The van der Waals surface area contributed by atoms with E-state index in [-0.39, 0.29) is 17.4 Å². The average Bonchev–Trinajstić information content (AvgIpc) is 2.79. The molecule has 1 saturated heterocycles. The Labute approximate surface area is 103 Å². The molecule has 0 spiro atoms. The minimum absolute atomic E-state index is 0.0417. The maximum Gasteiger partial charge on any atom is 0.295 e. The Kier molecular flexibility index (Phi) is 3.45. The second kappa shape index (κ2) is 4.88. The van der Waals surface area contributed by atoms with E-state index in [0.717, 1.165) is 31.4 Å². The first-order valence-corrected chi connectivity index (χ1v) is 5.95. The van der Waals surface area contributed by atoms with Gasteiger partial charge in [0.2, 0.25) is 0 Å². The fraction of sp³-hybridized carbons (Fsp3) is 0.500. The molecule has 1 fully saturated rings. The van der Waals surface area contributed by atoms with E-state index < -0.39 is 16.6 Å². The Hall–Kier alpha value is -1.72. The standard InChI is InChI=1S/C12H14F2N2O2/c1-2-8-4-3-7-15(8)12-10(16(17)18)6-5-9(13)11(12)14/h5-6,8H,2-4,7H2,1H3. The van der Waals surface area contributed by atoms with Crippen LogP contribution in [-0.2, 0) is 0 Å². The molecule has 2 rings (SSSR count). The largest absolute Gasteiger partial charge is 0.361 e. The first kappa shape index (κ1) is 12.7. The topological polar surface area (TPSA) is 46.4 Å². The van der Waals surface area contributed by atoms with E-state index >= 15 is 0 Å². The van der Waals surface area contributed by atoms with Gasteiger partial charge in [-0.2, -0.15) is 0 Å². The molecule has 0 radical (unpaired) electrons. The Morgan fingerprint density at radius 1 is 1.50 bits per heavy atom. The molecule has 1 aromatic rings. The maximum absolute atomic E-state index is 13.9. The van der Waals surface area contributed by atoms with E-state index in [2.05, 4.69) is 0 Å². The van der Waals surface area contributed by atoms with Gasteiger partial charge < -0.3 is 4.90 Å². The molecule has 1 atom stereocenters. The van der Waals surface area contributed by atoms with E-state index in [1.807, 2.05) is 6.92 Å². The summed E-state index contributed by atoms with van der Waals surface area (Å²) in [7, 11) is 0. The zero-order chi connectivity index (χ0) is 13.3. The van der Waals surface area contributed by atoms with Crippen LogP contribution in [-0.4, -0.2) is 17.5 Å². The molecular formula is C12H14F2N2O2. The van der Waals surface area contributed by atoms with Gasteiger partial charge in [-0.05, 0) is 25.3 Å². The van der Waals surface area contributed by atoms with Crippen molar-refractivity contribution in [1.82, 2.24) is 0 Å². The number of halogens is 2. The Morgan fingerprint density at radius 2 is 2.22 bits per heavy atom. The summed E-state index contributed by atoms with van der Waals surface area (Å²) in [4.78, 5) is 11.9. The predicted molar refractivity (Wildman–Crippen MR) is 63.7 cm³/mol. The molecule has 1 unspecified atom stereocenters. The summed E-state index contributed by atoms with van der Waals surface area (Å²) >= 11 is 0. The quantitative estimate of drug-likeness (QED) is 0.616. The summed E-state index contributed by atoms with van der Waals surface area (Å²) in [6, 6.07) is 1.87. The summed E-state index contributed by atoms with van der Waals surface area (Å²) in [5.41, 5.74) is -0.571. The average molecular weight is 256 g/mol. The number of hydrogen-bond acceptors (Lipinski definition) is 3. The van der Waals surface area contributed by atoms with Gasteiger partial charge in [0, 0.05) is 18.7 Å². The van der Waals surface area contributed by atoms with Gasteiger partial charge >= 0.3 is 0 Å². The first-order valence-electron chi connectivity index (χ1n) is 5.95. The van der Waals surface area contributed by atoms with Crippen LogP contribution in [0.3, 0.4) is 0 Å². The van der Waals surface area contributed by atoms with Crippen LogP contribution in [0.15, 0.2) is 12.1 Å². The maximum atomic E-state index is 13.9. The summed E-state index contributed by atoms with van der Waals surface area (Å²) in [6.45, 7) is 2.46. The monoisotopic (exact) mass is 256 g/mol. The Balaban J connectivity index is 2.53. The van der Waals surface area contributed by atoms with Crippen molar-refractivity contribution in [3.05, 3.63) is 33.9 Å². The van der Waals surface area contributed by atoms with Gasteiger partial charge in [0.1, 0.15) is 0 Å². The second-order valence-electron chi connectivity index (χ2n) is 4.38. The van der Waals surface area contributed by atoms with Gasteiger partial charge in [-0.1, -0.05) is 6.92 Å². The van der Waals surface area contributed by atoms with Crippen molar-refractivity contribution < 1.29 is 13.7 Å². The lowest BCUT2D eigenvalue weighted by molar-refractivity contribution is -0.384. The van der Waals surface area contributed by atoms with Gasteiger partial charge in [-0.25, -0.2) is 8.78 Å². The zero-order valence-electron chi connectivity index (χ0n) is 10.0. The third-order valence-electron chi connectivity index (χ3n) is 3.38. The number of hydrogen-bond donors (Lipinski definition) is 0. The van der Waals surface area contributed by atoms with Crippen LogP contribution < -0.4 is 4.90 Å². The summed E-state index contributed by atoms with van der Waals surface area (Å²) in [6.07, 6.45) is 2.45. The normalized spacial score (nSPS) is 19.3. The molecule has 18 heavy (non-hydrogen) atoms. The van der Waals surface area contributed by atoms with E-state index in [0.29, 0.717) is 6.54 Å². The van der Waals surface area contributed by atoms with Gasteiger partial charge in [0.25, 0.3) is 5.69 Å². The minimum Gasteiger partial charge on any atom is -0.361 e. The number of nitrogens with zero attached hydrogens (tertiary/aromatic N) is 2. The molecule has 1 aliphatic rings. The van der Waals surface area contributed by atoms with Crippen LogP contribution in [0.4, 0.5) is 20.2 Å². The van der Waals surface area contributed by atoms with Gasteiger partial charge in [0.05, 0.1) is 4.92 Å². The molecule has 4 nitrogen and oxygen atoms in total. The van der Waals surface area contributed by atoms with E-state index in [4.69, 9.17) is 0 Å². The highest BCUT2D eigenvalue weighted by atomic mass is 19.2. The number of anilines is 1. The molecule has 0 bridgehead atoms. The highest BCUT2D eigenvalue weighted by molar-refractivity contribution is 5.65. The van der Waals surface area contributed by atoms with Gasteiger partial charge in [-0.3, -0.25) is 10.1 Å². The SMILES string of the molecule is CCC1CCCN1c1c([N+](=O)[O-])ccc(F)c1F. The molecule has 1 aromatic carbocycles. The number of nitro groups is 1. The Morgan fingerprint density at radius 3 is 2.83 bits per heavy atom. The third kappa shape index (κ3) is 2.02. The highest BCUT2D eigenvalue weighted by Gasteiger charge is 2.32. The molecule has 0 saturated carbocycles. The molecule has 1 aliphatic heterocycles. The number of rotatable bonds is 3. The summed E-state index contributed by atoms with van der Waals surface area (Å²) < 4.78 is 27.1. The molecule has 98 valence electrons. The third-order valence-corrected chi connectivity index (χ3v) is 3.38. The smallest absolute Gasteiger partial charge is 0.295 e. The van der Waals surface area contributed by atoms with Crippen molar-refractivity contribution in [2.75, 3.05) is 11.4 Å². The van der Waals surface area contributed by atoms with Crippen molar-refractivity contribution in [2.24, 2.45) is 0 Å². The van der Waals surface area contributed by atoms with Crippen molar-refractivity contribution in [2.45, 2.75) is 32.2 Å². The number of benzene rings is 1. The lowest BCUT2D eigenvalue weighted by atomic mass is 10.1. The van der Waals surface area contributed by atoms with Crippen molar-refractivity contribution in [3.63, 3.8) is 0 Å². The molecule has 0 amide bonds. The zero-order valence-corrected chi connectivity index (χ0v) is 10.0. The van der Waals surface area contributed by atoms with Gasteiger partial charge in [-0.15, -0.1) is 0 Å². The molecule has 0 N–H and O–H groups in total. The van der Waals surface area contributed by atoms with Crippen LogP contribution >= 0.6 is 0 Å². The van der Waals surface area contributed by atoms with Crippen molar-refractivity contribution in [3.8, 4) is 0 Å². The molecule has 6 heteroatoms.